The van der Waals surface area contributed by atoms with E-state index in [9.17, 15) is 0 Å². The second-order valence-corrected chi connectivity index (χ2v) is 6.99. The first-order chi connectivity index (χ1) is 8.56. The van der Waals surface area contributed by atoms with Crippen LogP contribution in [0.15, 0.2) is 6.20 Å². The Morgan fingerprint density at radius 2 is 2.22 bits per heavy atom. The van der Waals surface area contributed by atoms with Crippen LogP contribution in [-0.2, 0) is 13.6 Å². The van der Waals surface area contributed by atoms with Crippen molar-refractivity contribution in [3.05, 3.63) is 17.5 Å². The van der Waals surface area contributed by atoms with Gasteiger partial charge in [-0.2, -0.15) is 16.9 Å². The van der Waals surface area contributed by atoms with E-state index in [1.807, 2.05) is 23.5 Å². The summed E-state index contributed by atoms with van der Waals surface area (Å²) in [5.74, 6) is 0.501. The Kier molecular flexibility index (Phi) is 4.38. The number of thioether (sulfide) groups is 1. The zero-order chi connectivity index (χ0) is 13.2. The average molecular weight is 267 g/mol. The van der Waals surface area contributed by atoms with E-state index in [0.29, 0.717) is 10.7 Å². The largest absolute Gasteiger partial charge is 0.311 e. The summed E-state index contributed by atoms with van der Waals surface area (Å²) in [5, 5.41) is 8.18. The number of rotatable bonds is 6. The molecule has 0 saturated heterocycles. The van der Waals surface area contributed by atoms with Crippen LogP contribution in [0.4, 0.5) is 0 Å². The molecule has 1 heterocycles. The zero-order valence-corrected chi connectivity index (χ0v) is 12.8. The van der Waals surface area contributed by atoms with Crippen LogP contribution < -0.4 is 5.32 Å². The Morgan fingerprint density at radius 1 is 1.50 bits per heavy atom. The SMILES string of the molecule is CSC1(CNCc2cn(C)nc2C(C)C)CCC1. The highest BCUT2D eigenvalue weighted by atomic mass is 32.2. The lowest BCUT2D eigenvalue weighted by molar-refractivity contribution is 0.345. The molecular weight excluding hydrogens is 242 g/mol. The average Bonchev–Trinajstić information content (AvgIpc) is 2.64. The van der Waals surface area contributed by atoms with Gasteiger partial charge in [-0.3, -0.25) is 4.68 Å². The van der Waals surface area contributed by atoms with Crippen molar-refractivity contribution in [2.24, 2.45) is 7.05 Å². The van der Waals surface area contributed by atoms with Crippen molar-refractivity contribution in [3.8, 4) is 0 Å². The van der Waals surface area contributed by atoms with E-state index >= 15 is 0 Å². The second-order valence-electron chi connectivity index (χ2n) is 5.71. The Labute approximate surface area is 115 Å². The quantitative estimate of drug-likeness (QED) is 0.859. The third kappa shape index (κ3) is 2.91. The van der Waals surface area contributed by atoms with Crippen molar-refractivity contribution in [1.82, 2.24) is 15.1 Å². The smallest absolute Gasteiger partial charge is 0.0694 e. The van der Waals surface area contributed by atoms with Crippen LogP contribution in [-0.4, -0.2) is 27.3 Å². The molecule has 3 nitrogen and oxygen atoms in total. The first-order valence-electron chi connectivity index (χ1n) is 6.84. The third-order valence-electron chi connectivity index (χ3n) is 3.94. The summed E-state index contributed by atoms with van der Waals surface area (Å²) in [7, 11) is 2.00. The molecule has 1 saturated carbocycles. The fourth-order valence-corrected chi connectivity index (χ4v) is 3.57. The van der Waals surface area contributed by atoms with Gasteiger partial charge in [0, 0.05) is 36.6 Å². The molecular formula is C14H25N3S. The third-order valence-corrected chi connectivity index (χ3v) is 5.36. The molecule has 0 bridgehead atoms. The number of nitrogens with zero attached hydrogens (tertiary/aromatic N) is 2. The van der Waals surface area contributed by atoms with E-state index in [2.05, 4.69) is 36.7 Å². The van der Waals surface area contributed by atoms with Crippen LogP contribution in [0.2, 0.25) is 0 Å². The molecule has 0 spiro atoms. The number of hydrogen-bond donors (Lipinski definition) is 1. The molecule has 2 rings (SSSR count). The zero-order valence-electron chi connectivity index (χ0n) is 12.0. The summed E-state index contributed by atoms with van der Waals surface area (Å²) in [5.41, 5.74) is 2.58. The topological polar surface area (TPSA) is 29.9 Å². The number of aryl methyl sites for hydroxylation is 1. The Balaban J connectivity index is 1.90. The van der Waals surface area contributed by atoms with Crippen LogP contribution >= 0.6 is 11.8 Å². The van der Waals surface area contributed by atoms with Gasteiger partial charge in [0.25, 0.3) is 0 Å². The molecule has 1 aliphatic rings. The predicted molar refractivity (Wildman–Crippen MR) is 79.1 cm³/mol. The van der Waals surface area contributed by atoms with Crippen LogP contribution in [0.3, 0.4) is 0 Å². The monoisotopic (exact) mass is 267 g/mol. The molecule has 0 atom stereocenters. The summed E-state index contributed by atoms with van der Waals surface area (Å²) in [6, 6.07) is 0. The fraction of sp³-hybridized carbons (Fsp3) is 0.786. The number of nitrogens with one attached hydrogen (secondary N) is 1. The maximum Gasteiger partial charge on any atom is 0.0694 e. The predicted octanol–water partition coefficient (Wildman–Crippen LogP) is 2.92. The summed E-state index contributed by atoms with van der Waals surface area (Å²) >= 11 is 2.03. The van der Waals surface area contributed by atoms with Crippen LogP contribution in [0.25, 0.3) is 0 Å². The van der Waals surface area contributed by atoms with Gasteiger partial charge < -0.3 is 5.32 Å². The lowest BCUT2D eigenvalue weighted by Gasteiger charge is -2.40. The van der Waals surface area contributed by atoms with Crippen molar-refractivity contribution in [2.75, 3.05) is 12.8 Å². The summed E-state index contributed by atoms with van der Waals surface area (Å²) < 4.78 is 2.44. The van der Waals surface area contributed by atoms with Crippen molar-refractivity contribution in [2.45, 2.75) is 50.3 Å². The maximum absolute atomic E-state index is 4.55. The molecule has 1 N–H and O–H groups in total. The van der Waals surface area contributed by atoms with Gasteiger partial charge in [0.05, 0.1) is 5.69 Å². The standard InChI is InChI=1S/C14H25N3S/c1-11(2)13-12(9-17(3)16-13)8-15-10-14(18-4)6-5-7-14/h9,11,15H,5-8,10H2,1-4H3. The molecule has 0 radical (unpaired) electrons. The highest BCUT2D eigenvalue weighted by Gasteiger charge is 2.35. The van der Waals surface area contributed by atoms with Crippen LogP contribution in [0.5, 0.6) is 0 Å². The van der Waals surface area contributed by atoms with Gasteiger partial charge >= 0.3 is 0 Å². The van der Waals surface area contributed by atoms with E-state index in [4.69, 9.17) is 0 Å². The Hall–Kier alpha value is -0.480. The fourth-order valence-electron chi connectivity index (χ4n) is 2.63. The van der Waals surface area contributed by atoms with Crippen molar-refractivity contribution in [3.63, 3.8) is 0 Å². The highest BCUT2D eigenvalue weighted by Crippen LogP contribution is 2.42. The van der Waals surface area contributed by atoms with E-state index in [0.717, 1.165) is 13.1 Å². The van der Waals surface area contributed by atoms with Gasteiger partial charge in [-0.25, -0.2) is 0 Å². The van der Waals surface area contributed by atoms with Gasteiger partial charge in [-0.1, -0.05) is 20.3 Å². The Bertz CT molecular complexity index is 388. The van der Waals surface area contributed by atoms with E-state index < -0.39 is 0 Å². The number of aromatic nitrogens is 2. The minimum Gasteiger partial charge on any atom is -0.311 e. The summed E-state index contributed by atoms with van der Waals surface area (Å²) in [6.07, 6.45) is 8.52. The molecule has 1 fully saturated rings. The van der Waals surface area contributed by atoms with Crippen molar-refractivity contribution < 1.29 is 0 Å². The van der Waals surface area contributed by atoms with E-state index in [1.165, 1.54) is 30.5 Å². The molecule has 0 aliphatic heterocycles. The molecule has 1 aromatic rings. The minimum atomic E-state index is 0.501. The molecule has 1 aromatic heterocycles. The van der Waals surface area contributed by atoms with Crippen molar-refractivity contribution in [1.29, 1.82) is 0 Å². The maximum atomic E-state index is 4.55. The highest BCUT2D eigenvalue weighted by molar-refractivity contribution is 8.00. The molecule has 4 heteroatoms. The molecule has 1 aliphatic carbocycles. The number of hydrogen-bond acceptors (Lipinski definition) is 3. The second kappa shape index (κ2) is 5.66. The van der Waals surface area contributed by atoms with Crippen LogP contribution in [0, 0.1) is 0 Å². The summed E-state index contributed by atoms with van der Waals surface area (Å²) in [4.78, 5) is 0. The van der Waals surface area contributed by atoms with Gasteiger partial charge in [0.2, 0.25) is 0 Å². The van der Waals surface area contributed by atoms with Gasteiger partial charge in [-0.15, -0.1) is 0 Å². The molecule has 0 unspecified atom stereocenters. The van der Waals surface area contributed by atoms with Gasteiger partial charge in [0.15, 0.2) is 0 Å². The van der Waals surface area contributed by atoms with Gasteiger partial charge in [0.1, 0.15) is 0 Å². The molecule has 0 amide bonds. The van der Waals surface area contributed by atoms with E-state index in [-0.39, 0.29) is 0 Å². The van der Waals surface area contributed by atoms with Crippen molar-refractivity contribution >= 4 is 11.8 Å². The van der Waals surface area contributed by atoms with Crippen LogP contribution in [0.1, 0.15) is 50.3 Å². The minimum absolute atomic E-state index is 0.501. The summed E-state index contributed by atoms with van der Waals surface area (Å²) in [6.45, 7) is 6.49. The first-order valence-corrected chi connectivity index (χ1v) is 8.07. The van der Waals surface area contributed by atoms with E-state index in [1.54, 1.807) is 0 Å². The molecule has 0 aromatic carbocycles. The normalized spacial score (nSPS) is 18.1. The first kappa shape index (κ1) is 13.9. The lowest BCUT2D eigenvalue weighted by Crippen LogP contribution is -2.43. The molecule has 102 valence electrons. The molecule has 18 heavy (non-hydrogen) atoms. The Morgan fingerprint density at radius 3 is 2.72 bits per heavy atom. The van der Waals surface area contributed by atoms with Gasteiger partial charge in [-0.05, 0) is 25.0 Å². The lowest BCUT2D eigenvalue weighted by atomic mass is 9.84.